The third-order valence-electron chi connectivity index (χ3n) is 6.00. The first-order valence-electron chi connectivity index (χ1n) is 10.2. The molecule has 2 aliphatic heterocycles. The van der Waals surface area contributed by atoms with E-state index in [0.29, 0.717) is 27.4 Å². The molecule has 30 heavy (non-hydrogen) atoms. The molecule has 0 spiro atoms. The quantitative estimate of drug-likeness (QED) is 0.695. The van der Waals surface area contributed by atoms with Crippen molar-refractivity contribution in [2.75, 3.05) is 32.1 Å². The molecule has 0 saturated carbocycles. The number of nitrogens with one attached hydrogen (secondary N) is 1. The average molecular weight is 425 g/mol. The normalized spacial score (nSPS) is 17.7. The van der Waals surface area contributed by atoms with Crippen LogP contribution in [0.3, 0.4) is 0 Å². The van der Waals surface area contributed by atoms with E-state index in [1.165, 1.54) is 28.8 Å². The third kappa shape index (κ3) is 3.70. The Kier molecular flexibility index (Phi) is 5.22. The number of rotatable bonds is 3. The number of amides is 2. The van der Waals surface area contributed by atoms with Gasteiger partial charge in [-0.3, -0.25) is 10.2 Å². The standard InChI is InChI=1S/C21H24N6O2S/c1-29-18-17-19(23-13-22-18)30-20(24-17)25-21(28)26-10-7-16(8-11-26)27-9-6-14-4-2-3-5-15(14)12-27/h2-5,13,16H,6-12H2,1H3,(H,24,25,28). The second-order valence-corrected chi connectivity index (χ2v) is 8.67. The summed E-state index contributed by atoms with van der Waals surface area (Å²) in [6.45, 7) is 3.62. The van der Waals surface area contributed by atoms with Gasteiger partial charge in [0.1, 0.15) is 6.33 Å². The molecule has 1 saturated heterocycles. The van der Waals surface area contributed by atoms with Crippen LogP contribution >= 0.6 is 11.3 Å². The van der Waals surface area contributed by atoms with Gasteiger partial charge < -0.3 is 9.64 Å². The van der Waals surface area contributed by atoms with Crippen LogP contribution in [0.2, 0.25) is 0 Å². The van der Waals surface area contributed by atoms with Gasteiger partial charge in [-0.2, -0.15) is 4.98 Å². The minimum Gasteiger partial charge on any atom is -0.479 e. The maximum Gasteiger partial charge on any atom is 0.323 e. The van der Waals surface area contributed by atoms with Crippen LogP contribution in [0.1, 0.15) is 24.0 Å². The van der Waals surface area contributed by atoms with Crippen LogP contribution in [0.15, 0.2) is 30.6 Å². The van der Waals surface area contributed by atoms with Gasteiger partial charge in [0, 0.05) is 32.2 Å². The number of carbonyl (C=O) groups is 1. The zero-order valence-corrected chi connectivity index (χ0v) is 17.7. The molecule has 0 aliphatic carbocycles. The molecule has 0 bridgehead atoms. The van der Waals surface area contributed by atoms with Gasteiger partial charge in [-0.05, 0) is 30.4 Å². The summed E-state index contributed by atoms with van der Waals surface area (Å²) in [4.78, 5) is 30.6. The van der Waals surface area contributed by atoms with Gasteiger partial charge in [-0.1, -0.05) is 35.6 Å². The number of thiazole rings is 1. The number of benzene rings is 1. The number of hydrogen-bond acceptors (Lipinski definition) is 7. The van der Waals surface area contributed by atoms with Gasteiger partial charge in [0.05, 0.1) is 7.11 Å². The Bertz CT molecular complexity index is 1060. The molecule has 2 aliphatic rings. The fourth-order valence-corrected chi connectivity index (χ4v) is 5.16. The van der Waals surface area contributed by atoms with Gasteiger partial charge in [-0.25, -0.2) is 14.8 Å². The minimum absolute atomic E-state index is 0.108. The SMILES string of the molecule is COc1ncnc2sc(NC(=O)N3CCC(N4CCc5ccccc5C4)CC3)nc12. The van der Waals surface area contributed by atoms with Crippen LogP contribution < -0.4 is 10.1 Å². The van der Waals surface area contributed by atoms with E-state index in [4.69, 9.17) is 4.74 Å². The van der Waals surface area contributed by atoms with E-state index in [-0.39, 0.29) is 6.03 Å². The molecule has 1 fully saturated rings. The average Bonchev–Trinajstić information content (AvgIpc) is 3.21. The van der Waals surface area contributed by atoms with E-state index in [9.17, 15) is 4.79 Å². The molecule has 5 rings (SSSR count). The lowest BCUT2D eigenvalue weighted by Crippen LogP contribution is -2.49. The highest BCUT2D eigenvalue weighted by Gasteiger charge is 2.29. The van der Waals surface area contributed by atoms with Crippen LogP contribution in [0.25, 0.3) is 10.3 Å². The molecule has 4 heterocycles. The molecule has 2 aromatic heterocycles. The first-order chi connectivity index (χ1) is 14.7. The maximum absolute atomic E-state index is 12.7. The van der Waals surface area contributed by atoms with Gasteiger partial charge >= 0.3 is 6.03 Å². The summed E-state index contributed by atoms with van der Waals surface area (Å²) < 4.78 is 5.22. The summed E-state index contributed by atoms with van der Waals surface area (Å²) in [5, 5.41) is 3.43. The highest BCUT2D eigenvalue weighted by molar-refractivity contribution is 7.22. The highest BCUT2D eigenvalue weighted by Crippen LogP contribution is 2.29. The lowest BCUT2D eigenvalue weighted by molar-refractivity contribution is 0.111. The van der Waals surface area contributed by atoms with Gasteiger partial charge in [0.15, 0.2) is 15.5 Å². The number of carbonyl (C=O) groups excluding carboxylic acids is 1. The molecular formula is C21H24N6O2S. The Hall–Kier alpha value is -2.78. The van der Waals surface area contributed by atoms with Gasteiger partial charge in [-0.15, -0.1) is 0 Å². The van der Waals surface area contributed by atoms with Crippen molar-refractivity contribution in [1.82, 2.24) is 24.8 Å². The lowest BCUT2D eigenvalue weighted by Gasteiger charge is -2.40. The molecule has 0 atom stereocenters. The van der Waals surface area contributed by atoms with Crippen LogP contribution in [0, 0.1) is 0 Å². The van der Waals surface area contributed by atoms with Crippen LogP contribution in [-0.2, 0) is 13.0 Å². The number of fused-ring (bicyclic) bond motifs is 2. The number of piperidine rings is 1. The Balaban J connectivity index is 1.18. The Morgan fingerprint density at radius 1 is 1.17 bits per heavy atom. The fraction of sp³-hybridized carbons (Fsp3) is 0.429. The number of anilines is 1. The molecule has 3 aromatic rings. The van der Waals surface area contributed by atoms with Gasteiger partial charge in [0.25, 0.3) is 0 Å². The highest BCUT2D eigenvalue weighted by atomic mass is 32.1. The van der Waals surface area contributed by atoms with Crippen LogP contribution in [0.5, 0.6) is 5.88 Å². The topological polar surface area (TPSA) is 83.5 Å². The first-order valence-corrected chi connectivity index (χ1v) is 11.0. The number of likely N-dealkylation sites (tertiary alicyclic amines) is 1. The zero-order chi connectivity index (χ0) is 20.5. The van der Waals surface area contributed by atoms with Crippen molar-refractivity contribution in [3.05, 3.63) is 41.7 Å². The van der Waals surface area contributed by atoms with Crippen LogP contribution in [0.4, 0.5) is 9.93 Å². The lowest BCUT2D eigenvalue weighted by atomic mass is 9.95. The molecule has 0 radical (unpaired) electrons. The van der Waals surface area contributed by atoms with Crippen molar-refractivity contribution in [2.24, 2.45) is 0 Å². The number of ether oxygens (including phenoxy) is 1. The van der Waals surface area contributed by atoms with Crippen molar-refractivity contribution < 1.29 is 9.53 Å². The van der Waals surface area contributed by atoms with E-state index in [0.717, 1.165) is 45.4 Å². The van der Waals surface area contributed by atoms with Crippen molar-refractivity contribution in [2.45, 2.75) is 31.8 Å². The van der Waals surface area contributed by atoms with Crippen molar-refractivity contribution in [3.8, 4) is 5.88 Å². The number of aromatic nitrogens is 3. The summed E-state index contributed by atoms with van der Waals surface area (Å²) in [7, 11) is 1.55. The summed E-state index contributed by atoms with van der Waals surface area (Å²) in [5.74, 6) is 0.417. The largest absolute Gasteiger partial charge is 0.479 e. The van der Waals surface area contributed by atoms with E-state index < -0.39 is 0 Å². The predicted octanol–water partition coefficient (Wildman–Crippen LogP) is 3.15. The van der Waals surface area contributed by atoms with E-state index in [1.54, 1.807) is 7.11 Å². The number of nitrogens with zero attached hydrogens (tertiary/aromatic N) is 5. The van der Waals surface area contributed by atoms with E-state index in [1.807, 2.05) is 4.90 Å². The second-order valence-electron chi connectivity index (χ2n) is 7.69. The van der Waals surface area contributed by atoms with Crippen LogP contribution in [-0.4, -0.2) is 63.6 Å². The molecule has 156 valence electrons. The Labute approximate surface area is 178 Å². The summed E-state index contributed by atoms with van der Waals surface area (Å²) in [5.41, 5.74) is 3.49. The predicted molar refractivity (Wildman–Crippen MR) is 116 cm³/mol. The zero-order valence-electron chi connectivity index (χ0n) is 16.9. The van der Waals surface area contributed by atoms with Crippen molar-refractivity contribution in [1.29, 1.82) is 0 Å². The minimum atomic E-state index is -0.108. The Morgan fingerprint density at radius 2 is 1.97 bits per heavy atom. The Morgan fingerprint density at radius 3 is 2.77 bits per heavy atom. The third-order valence-corrected chi connectivity index (χ3v) is 6.88. The summed E-state index contributed by atoms with van der Waals surface area (Å²) >= 11 is 1.33. The monoisotopic (exact) mass is 424 g/mol. The first kappa shape index (κ1) is 19.2. The molecule has 2 amide bonds. The smallest absolute Gasteiger partial charge is 0.323 e. The van der Waals surface area contributed by atoms with E-state index >= 15 is 0 Å². The molecule has 0 unspecified atom stereocenters. The van der Waals surface area contributed by atoms with Gasteiger partial charge in [0.2, 0.25) is 5.88 Å². The van der Waals surface area contributed by atoms with Crippen molar-refractivity contribution >= 4 is 32.8 Å². The summed E-state index contributed by atoms with van der Waals surface area (Å²) in [6.07, 6.45) is 4.54. The molecule has 8 nitrogen and oxygen atoms in total. The summed E-state index contributed by atoms with van der Waals surface area (Å²) in [6, 6.07) is 9.15. The van der Waals surface area contributed by atoms with Crippen molar-refractivity contribution in [3.63, 3.8) is 0 Å². The molecule has 9 heteroatoms. The molecule has 1 aromatic carbocycles. The number of methoxy groups -OCH3 is 1. The fourth-order valence-electron chi connectivity index (χ4n) is 4.37. The maximum atomic E-state index is 12.7. The number of hydrogen-bond donors (Lipinski definition) is 1. The number of urea groups is 1. The molecule has 1 N–H and O–H groups in total. The second kappa shape index (κ2) is 8.16. The molecular weight excluding hydrogens is 400 g/mol. The van der Waals surface area contributed by atoms with E-state index in [2.05, 4.69) is 49.4 Å².